The summed E-state index contributed by atoms with van der Waals surface area (Å²) in [5, 5.41) is 3.28. The standard InChI is InChI=1S/C19H17N3O3S/c1-12-6-2-4-8-14(12)21-19-22-18(24)16(26-19)10-13-7-3-5-9-15(13)25-11-17(20)23/h2-10H,11H2,1H3,(H2,20,23)(H,21,22,24)/b16-10+. The molecular weight excluding hydrogens is 350 g/mol. The summed E-state index contributed by atoms with van der Waals surface area (Å²) < 4.78 is 5.39. The molecule has 0 saturated carbocycles. The van der Waals surface area contributed by atoms with E-state index in [-0.39, 0.29) is 12.5 Å². The number of nitrogens with zero attached hydrogens (tertiary/aromatic N) is 1. The Morgan fingerprint density at radius 2 is 1.96 bits per heavy atom. The molecule has 0 unspecified atom stereocenters. The van der Waals surface area contributed by atoms with Crippen LogP contribution in [0.25, 0.3) is 6.08 Å². The Morgan fingerprint density at radius 3 is 2.73 bits per heavy atom. The summed E-state index contributed by atoms with van der Waals surface area (Å²) in [6.45, 7) is 1.74. The number of ether oxygens (including phenoxy) is 1. The zero-order valence-electron chi connectivity index (χ0n) is 14.1. The van der Waals surface area contributed by atoms with Crippen molar-refractivity contribution in [1.82, 2.24) is 5.32 Å². The number of carbonyl (C=O) groups excluding carboxylic acids is 2. The summed E-state index contributed by atoms with van der Waals surface area (Å²) in [4.78, 5) is 28.2. The quantitative estimate of drug-likeness (QED) is 0.795. The van der Waals surface area contributed by atoms with Gasteiger partial charge in [0, 0.05) is 5.56 Å². The van der Waals surface area contributed by atoms with Gasteiger partial charge in [0.2, 0.25) is 0 Å². The first-order chi connectivity index (χ1) is 12.5. The summed E-state index contributed by atoms with van der Waals surface area (Å²) in [7, 11) is 0. The average Bonchev–Trinajstić information content (AvgIpc) is 2.95. The number of nitrogens with one attached hydrogen (secondary N) is 1. The predicted octanol–water partition coefficient (Wildman–Crippen LogP) is 2.75. The molecule has 1 aliphatic heterocycles. The Morgan fingerprint density at radius 1 is 1.23 bits per heavy atom. The Kier molecular flexibility index (Phi) is 5.38. The molecule has 2 amide bonds. The Balaban J connectivity index is 1.83. The molecule has 1 fully saturated rings. The van der Waals surface area contributed by atoms with Crippen molar-refractivity contribution >= 4 is 40.5 Å². The van der Waals surface area contributed by atoms with Crippen molar-refractivity contribution in [3.8, 4) is 5.75 Å². The van der Waals surface area contributed by atoms with Gasteiger partial charge in [0.05, 0.1) is 10.6 Å². The fourth-order valence-electron chi connectivity index (χ4n) is 2.30. The lowest BCUT2D eigenvalue weighted by molar-refractivity contribution is -0.120. The third kappa shape index (κ3) is 4.31. The molecule has 0 radical (unpaired) electrons. The van der Waals surface area contributed by atoms with E-state index in [4.69, 9.17) is 10.5 Å². The second kappa shape index (κ2) is 7.88. The van der Waals surface area contributed by atoms with Crippen molar-refractivity contribution in [3.63, 3.8) is 0 Å². The summed E-state index contributed by atoms with van der Waals surface area (Å²) in [5.74, 6) is -0.309. The minimum absolute atomic E-state index is 0.223. The lowest BCUT2D eigenvalue weighted by atomic mass is 10.2. The third-order valence-corrected chi connectivity index (χ3v) is 4.47. The largest absolute Gasteiger partial charge is 0.483 e. The van der Waals surface area contributed by atoms with E-state index < -0.39 is 5.91 Å². The first-order valence-corrected chi connectivity index (χ1v) is 8.70. The first kappa shape index (κ1) is 17.8. The van der Waals surface area contributed by atoms with Gasteiger partial charge in [-0.3, -0.25) is 9.59 Å². The van der Waals surface area contributed by atoms with E-state index in [1.165, 1.54) is 11.8 Å². The van der Waals surface area contributed by atoms with Crippen LogP contribution in [0.3, 0.4) is 0 Å². The highest BCUT2D eigenvalue weighted by Gasteiger charge is 2.24. The van der Waals surface area contributed by atoms with Crippen LogP contribution in [0.4, 0.5) is 5.69 Å². The van der Waals surface area contributed by atoms with Gasteiger partial charge in [-0.05, 0) is 42.5 Å². The first-order valence-electron chi connectivity index (χ1n) is 7.88. The van der Waals surface area contributed by atoms with Gasteiger partial charge in [0.1, 0.15) is 5.75 Å². The molecule has 0 atom stereocenters. The molecule has 1 aliphatic rings. The molecule has 3 rings (SSSR count). The number of benzene rings is 2. The van der Waals surface area contributed by atoms with E-state index in [1.54, 1.807) is 24.3 Å². The van der Waals surface area contributed by atoms with Crippen molar-refractivity contribution in [3.05, 3.63) is 64.6 Å². The van der Waals surface area contributed by atoms with Gasteiger partial charge in [0.15, 0.2) is 11.8 Å². The Labute approximate surface area is 155 Å². The maximum absolute atomic E-state index is 12.2. The molecule has 0 aliphatic carbocycles. The van der Waals surface area contributed by atoms with E-state index in [0.29, 0.717) is 21.4 Å². The number of carbonyl (C=O) groups is 2. The molecule has 0 aromatic heterocycles. The van der Waals surface area contributed by atoms with Crippen molar-refractivity contribution in [1.29, 1.82) is 0 Å². The monoisotopic (exact) mass is 367 g/mol. The highest BCUT2D eigenvalue weighted by Crippen LogP contribution is 2.31. The SMILES string of the molecule is Cc1ccccc1N=C1NC(=O)/C(=C\c2ccccc2OCC(N)=O)S1. The number of primary amides is 1. The molecule has 0 bridgehead atoms. The Bertz CT molecular complexity index is 922. The van der Waals surface area contributed by atoms with Gasteiger partial charge in [-0.25, -0.2) is 4.99 Å². The average molecular weight is 367 g/mol. The van der Waals surface area contributed by atoms with Crippen molar-refractivity contribution in [2.75, 3.05) is 6.61 Å². The molecule has 1 saturated heterocycles. The van der Waals surface area contributed by atoms with Crippen LogP contribution in [0, 0.1) is 6.92 Å². The van der Waals surface area contributed by atoms with Crippen LogP contribution in [-0.4, -0.2) is 23.6 Å². The second-order valence-corrected chi connectivity index (χ2v) is 6.59. The number of thioether (sulfide) groups is 1. The maximum Gasteiger partial charge on any atom is 0.264 e. The molecule has 0 spiro atoms. The van der Waals surface area contributed by atoms with Gasteiger partial charge < -0.3 is 15.8 Å². The summed E-state index contributed by atoms with van der Waals surface area (Å²) >= 11 is 1.25. The van der Waals surface area contributed by atoms with E-state index >= 15 is 0 Å². The van der Waals surface area contributed by atoms with Crippen molar-refractivity contribution in [2.24, 2.45) is 10.7 Å². The summed E-state index contributed by atoms with van der Waals surface area (Å²) in [5.41, 5.74) is 7.63. The molecule has 2 aromatic carbocycles. The van der Waals surface area contributed by atoms with Gasteiger partial charge in [-0.1, -0.05) is 36.4 Å². The second-order valence-electron chi connectivity index (χ2n) is 5.56. The van der Waals surface area contributed by atoms with E-state index in [9.17, 15) is 9.59 Å². The zero-order valence-corrected chi connectivity index (χ0v) is 14.9. The smallest absolute Gasteiger partial charge is 0.264 e. The van der Waals surface area contributed by atoms with Crippen molar-refractivity contribution < 1.29 is 14.3 Å². The predicted molar refractivity (Wildman–Crippen MR) is 103 cm³/mol. The van der Waals surface area contributed by atoms with Gasteiger partial charge in [-0.2, -0.15) is 0 Å². The fourth-order valence-corrected chi connectivity index (χ4v) is 3.13. The van der Waals surface area contributed by atoms with Gasteiger partial charge in [0.25, 0.3) is 11.8 Å². The van der Waals surface area contributed by atoms with Crippen LogP contribution >= 0.6 is 11.8 Å². The molecule has 26 heavy (non-hydrogen) atoms. The minimum atomic E-state index is -0.562. The molecule has 132 valence electrons. The number of aliphatic imine (C=N–C) groups is 1. The molecule has 1 heterocycles. The Hall–Kier alpha value is -3.06. The van der Waals surface area contributed by atoms with Crippen molar-refractivity contribution in [2.45, 2.75) is 6.92 Å². The number of hydrogen-bond acceptors (Lipinski definition) is 5. The lowest BCUT2D eigenvalue weighted by Gasteiger charge is -2.07. The number of nitrogens with two attached hydrogens (primary N) is 1. The maximum atomic E-state index is 12.2. The number of rotatable bonds is 5. The number of amidine groups is 1. The number of hydrogen-bond donors (Lipinski definition) is 2. The highest BCUT2D eigenvalue weighted by atomic mass is 32.2. The van der Waals surface area contributed by atoms with E-state index in [0.717, 1.165) is 11.3 Å². The number of amides is 2. The summed E-state index contributed by atoms with van der Waals surface area (Å²) in [6.07, 6.45) is 1.71. The van der Waals surface area contributed by atoms with Crippen LogP contribution in [0.15, 0.2) is 58.4 Å². The van der Waals surface area contributed by atoms with E-state index in [1.807, 2.05) is 37.3 Å². The number of aryl methyl sites for hydroxylation is 1. The molecule has 2 aromatic rings. The minimum Gasteiger partial charge on any atom is -0.483 e. The molecule has 6 nitrogen and oxygen atoms in total. The van der Waals surface area contributed by atoms with Gasteiger partial charge >= 0.3 is 0 Å². The topological polar surface area (TPSA) is 93.8 Å². The summed E-state index contributed by atoms with van der Waals surface area (Å²) in [6, 6.07) is 14.8. The lowest BCUT2D eigenvalue weighted by Crippen LogP contribution is -2.20. The van der Waals surface area contributed by atoms with Crippen LogP contribution in [0.5, 0.6) is 5.75 Å². The van der Waals surface area contributed by atoms with Crippen LogP contribution in [-0.2, 0) is 9.59 Å². The van der Waals surface area contributed by atoms with Crippen LogP contribution in [0.1, 0.15) is 11.1 Å². The van der Waals surface area contributed by atoms with Crippen LogP contribution in [0.2, 0.25) is 0 Å². The third-order valence-electron chi connectivity index (χ3n) is 3.56. The molecular formula is C19H17N3O3S. The van der Waals surface area contributed by atoms with Crippen LogP contribution < -0.4 is 15.8 Å². The van der Waals surface area contributed by atoms with E-state index in [2.05, 4.69) is 10.3 Å². The molecule has 7 heteroatoms. The highest BCUT2D eigenvalue weighted by molar-refractivity contribution is 8.18. The molecule has 3 N–H and O–H groups in total. The fraction of sp³-hybridized carbons (Fsp3) is 0.105. The normalized spacial score (nSPS) is 16.7. The van der Waals surface area contributed by atoms with Gasteiger partial charge in [-0.15, -0.1) is 0 Å². The number of para-hydroxylation sites is 2. The zero-order chi connectivity index (χ0) is 18.5.